The monoisotopic (exact) mass is 622 g/mol. The average Bonchev–Trinajstić information content (AvgIpc) is 3.66. The van der Waals surface area contributed by atoms with Crippen molar-refractivity contribution < 1.29 is 28.3 Å². The van der Waals surface area contributed by atoms with Crippen LogP contribution in [0.3, 0.4) is 0 Å². The van der Waals surface area contributed by atoms with Gasteiger partial charge in [0.05, 0.1) is 18.8 Å². The molecule has 17 heteroatoms. The number of guanidine groups is 1. The molecule has 238 valence electrons. The van der Waals surface area contributed by atoms with Crippen molar-refractivity contribution in [2.75, 3.05) is 31.6 Å². The predicted molar refractivity (Wildman–Crippen MR) is 160 cm³/mol. The highest BCUT2D eigenvalue weighted by Gasteiger charge is 2.36. The summed E-state index contributed by atoms with van der Waals surface area (Å²) in [5.74, 6) is -1.60. The van der Waals surface area contributed by atoms with Crippen LogP contribution in [0.4, 0.5) is 10.5 Å². The standard InChI is InChI=1S/C28H34N10O7/c29-27(30)31-8-1-3-20-25(41)33-17-5-6-19-16(11-24(40)45-22(19)12-17)14-37-15-18(35-36-37)7-10-44-28(43)32-13-23(39)38-9-2-4-21(38)26(42)34-20/h5-6,11-12,15,20-21H,1-4,7-10,13-14H2,(H,32,43)(H,33,41)(H,34,42)(H4,29,30,31)/t20-,21-/m0/s1. The summed E-state index contributed by atoms with van der Waals surface area (Å²) in [5.41, 5.74) is 12.0. The fraction of sp³-hybridized carbons (Fsp3) is 0.429. The molecule has 3 aromatic rings. The summed E-state index contributed by atoms with van der Waals surface area (Å²) in [7, 11) is 0. The highest BCUT2D eigenvalue weighted by molar-refractivity contribution is 6.00. The minimum absolute atomic E-state index is 0.0142. The lowest BCUT2D eigenvalue weighted by molar-refractivity contribution is -0.138. The number of nitrogens with two attached hydrogens (primary N) is 2. The van der Waals surface area contributed by atoms with Crippen molar-refractivity contribution in [3.63, 3.8) is 0 Å². The van der Waals surface area contributed by atoms with Gasteiger partial charge in [0.2, 0.25) is 17.7 Å². The fourth-order valence-electron chi connectivity index (χ4n) is 5.30. The Labute approximate surface area is 256 Å². The number of aliphatic imine (C=N–C) groups is 1. The minimum atomic E-state index is -1.01. The summed E-state index contributed by atoms with van der Waals surface area (Å²) in [6.45, 7) is 0.366. The van der Waals surface area contributed by atoms with Gasteiger partial charge in [-0.2, -0.15) is 0 Å². The van der Waals surface area contributed by atoms with Gasteiger partial charge < -0.3 is 41.5 Å². The minimum Gasteiger partial charge on any atom is -0.449 e. The molecule has 45 heavy (non-hydrogen) atoms. The number of aromatic nitrogens is 3. The molecule has 3 aliphatic rings. The van der Waals surface area contributed by atoms with Crippen LogP contribution in [-0.2, 0) is 32.1 Å². The van der Waals surface area contributed by atoms with Crippen LogP contribution in [0.25, 0.3) is 11.0 Å². The summed E-state index contributed by atoms with van der Waals surface area (Å²) >= 11 is 0. The van der Waals surface area contributed by atoms with Gasteiger partial charge >= 0.3 is 11.7 Å². The zero-order valence-corrected chi connectivity index (χ0v) is 24.4. The van der Waals surface area contributed by atoms with Gasteiger partial charge in [0.25, 0.3) is 0 Å². The molecule has 0 unspecified atom stereocenters. The van der Waals surface area contributed by atoms with Crippen LogP contribution in [-0.4, -0.2) is 88.0 Å². The summed E-state index contributed by atoms with van der Waals surface area (Å²) < 4.78 is 12.1. The molecule has 7 N–H and O–H groups in total. The Bertz CT molecular complexity index is 1680. The topological polar surface area (TPSA) is 242 Å². The second kappa shape index (κ2) is 13.9. The molecule has 6 bridgehead atoms. The Morgan fingerprint density at radius 3 is 2.78 bits per heavy atom. The van der Waals surface area contributed by atoms with E-state index in [1.807, 2.05) is 0 Å². The number of carbonyl (C=O) groups is 4. The maximum Gasteiger partial charge on any atom is 0.407 e. The van der Waals surface area contributed by atoms with Crippen molar-refractivity contribution in [1.82, 2.24) is 30.5 Å². The molecule has 6 rings (SSSR count). The number of hydrogen-bond acceptors (Lipinski definition) is 10. The van der Waals surface area contributed by atoms with E-state index < -0.39 is 41.5 Å². The van der Waals surface area contributed by atoms with E-state index in [2.05, 4.69) is 31.3 Å². The molecule has 3 aliphatic heterocycles. The molecule has 0 saturated carbocycles. The van der Waals surface area contributed by atoms with Gasteiger partial charge in [0, 0.05) is 48.9 Å². The number of nitrogens with one attached hydrogen (secondary N) is 3. The second-order valence-electron chi connectivity index (χ2n) is 10.7. The molecule has 0 radical (unpaired) electrons. The van der Waals surface area contributed by atoms with Crippen molar-refractivity contribution in [3.8, 4) is 0 Å². The number of fused-ring (bicyclic) bond motifs is 11. The molecule has 5 heterocycles. The third kappa shape index (κ3) is 7.92. The van der Waals surface area contributed by atoms with Gasteiger partial charge in [-0.15, -0.1) is 5.10 Å². The van der Waals surface area contributed by atoms with Crippen molar-refractivity contribution >= 4 is 46.4 Å². The van der Waals surface area contributed by atoms with Crippen LogP contribution in [0, 0.1) is 0 Å². The zero-order chi connectivity index (χ0) is 31.9. The number of alkyl carbamates (subject to hydrolysis) is 1. The SMILES string of the molecule is NC(N)=NCCC[C@@H]1NC(=O)[C@@H]2CCCN2C(=O)CNC(=O)OCCc2cn(nn2)Cc2cc(=O)oc3cc(ccc23)NC1=O. The first-order valence-electron chi connectivity index (χ1n) is 14.5. The molecule has 0 aliphatic carbocycles. The molecule has 2 aromatic heterocycles. The number of nitrogens with zero attached hydrogens (tertiary/aromatic N) is 5. The zero-order valence-electron chi connectivity index (χ0n) is 24.4. The Balaban J connectivity index is 1.44. The predicted octanol–water partition coefficient (Wildman–Crippen LogP) is -0.817. The van der Waals surface area contributed by atoms with Crippen LogP contribution >= 0.6 is 0 Å². The number of anilines is 1. The summed E-state index contributed by atoms with van der Waals surface area (Å²) in [5, 5.41) is 16.8. The van der Waals surface area contributed by atoms with Gasteiger partial charge in [-0.3, -0.25) is 19.4 Å². The Morgan fingerprint density at radius 2 is 1.96 bits per heavy atom. The molecule has 1 fully saturated rings. The quantitative estimate of drug-likeness (QED) is 0.104. The first-order valence-corrected chi connectivity index (χ1v) is 14.5. The number of rotatable bonds is 4. The van der Waals surface area contributed by atoms with E-state index in [9.17, 15) is 24.0 Å². The first-order chi connectivity index (χ1) is 21.7. The normalized spacial score (nSPS) is 19.9. The van der Waals surface area contributed by atoms with E-state index in [1.54, 1.807) is 18.3 Å². The maximum absolute atomic E-state index is 13.5. The van der Waals surface area contributed by atoms with Crippen LogP contribution < -0.4 is 33.0 Å². The Morgan fingerprint density at radius 1 is 1.11 bits per heavy atom. The van der Waals surface area contributed by atoms with E-state index in [0.717, 1.165) is 0 Å². The Kier molecular flexibility index (Phi) is 9.54. The number of benzene rings is 1. The van der Waals surface area contributed by atoms with Crippen molar-refractivity contribution in [2.45, 2.75) is 50.7 Å². The van der Waals surface area contributed by atoms with Crippen molar-refractivity contribution in [3.05, 3.63) is 52.1 Å². The second-order valence-corrected chi connectivity index (χ2v) is 10.7. The molecule has 2 atom stereocenters. The number of amides is 4. The van der Waals surface area contributed by atoms with Crippen molar-refractivity contribution in [2.24, 2.45) is 16.5 Å². The van der Waals surface area contributed by atoms with Crippen LogP contribution in [0.15, 0.2) is 44.7 Å². The average molecular weight is 623 g/mol. The molecule has 0 spiro atoms. The molecule has 1 saturated heterocycles. The van der Waals surface area contributed by atoms with E-state index in [0.29, 0.717) is 48.1 Å². The van der Waals surface area contributed by atoms with Gasteiger partial charge in [-0.25, -0.2) is 14.3 Å². The highest BCUT2D eigenvalue weighted by Crippen LogP contribution is 2.23. The largest absolute Gasteiger partial charge is 0.449 e. The molecular weight excluding hydrogens is 588 g/mol. The summed E-state index contributed by atoms with van der Waals surface area (Å²) in [6.07, 6.45) is 2.65. The van der Waals surface area contributed by atoms with E-state index in [1.165, 1.54) is 21.7 Å². The van der Waals surface area contributed by atoms with Crippen molar-refractivity contribution in [1.29, 1.82) is 0 Å². The van der Waals surface area contributed by atoms with Crippen LogP contribution in [0.5, 0.6) is 0 Å². The van der Waals surface area contributed by atoms with Gasteiger partial charge in [-0.1, -0.05) is 5.21 Å². The van der Waals surface area contributed by atoms with Crippen LogP contribution in [0.1, 0.15) is 36.9 Å². The number of ether oxygens (including phenoxy) is 1. The number of hydrogen-bond donors (Lipinski definition) is 5. The van der Waals surface area contributed by atoms with Gasteiger partial charge in [-0.05, 0) is 43.4 Å². The fourth-order valence-corrected chi connectivity index (χ4v) is 5.30. The third-order valence-corrected chi connectivity index (χ3v) is 7.45. The maximum atomic E-state index is 13.5. The molecule has 4 amide bonds. The lowest BCUT2D eigenvalue weighted by Gasteiger charge is -2.26. The first kappa shape index (κ1) is 31.0. The lowest BCUT2D eigenvalue weighted by atomic mass is 10.1. The lowest BCUT2D eigenvalue weighted by Crippen LogP contribution is -2.53. The third-order valence-electron chi connectivity index (χ3n) is 7.45. The summed E-state index contributed by atoms with van der Waals surface area (Å²) in [6, 6.07) is 4.40. The molecular formula is C28H34N10O7. The molecule has 17 nitrogen and oxygen atoms in total. The van der Waals surface area contributed by atoms with E-state index in [4.69, 9.17) is 20.6 Å². The van der Waals surface area contributed by atoms with Gasteiger partial charge in [0.15, 0.2) is 5.96 Å². The molecule has 1 aromatic carbocycles. The van der Waals surface area contributed by atoms with Crippen LogP contribution in [0.2, 0.25) is 0 Å². The van der Waals surface area contributed by atoms with E-state index in [-0.39, 0.29) is 50.6 Å². The smallest absolute Gasteiger partial charge is 0.407 e. The van der Waals surface area contributed by atoms with E-state index >= 15 is 0 Å². The van der Waals surface area contributed by atoms with Gasteiger partial charge in [0.1, 0.15) is 24.2 Å². The highest BCUT2D eigenvalue weighted by atomic mass is 16.5. The number of carbonyl (C=O) groups excluding carboxylic acids is 4. The Hall–Kier alpha value is -5.48. The summed E-state index contributed by atoms with van der Waals surface area (Å²) in [4.78, 5) is 69.8.